The lowest BCUT2D eigenvalue weighted by atomic mass is 10.0. The number of thiophene rings is 1. The molecule has 0 aliphatic rings. The third-order valence-corrected chi connectivity index (χ3v) is 4.60. The van der Waals surface area contributed by atoms with E-state index in [2.05, 4.69) is 34.7 Å². The van der Waals surface area contributed by atoms with E-state index in [1.807, 2.05) is 13.1 Å². The van der Waals surface area contributed by atoms with Crippen LogP contribution >= 0.6 is 11.3 Å². The molecule has 0 saturated carbocycles. The Bertz CT molecular complexity index is 527. The zero-order chi connectivity index (χ0) is 15.1. The van der Waals surface area contributed by atoms with Crippen LogP contribution in [0.4, 0.5) is 4.39 Å². The number of nitrogens with one attached hydrogen (secondary N) is 1. The minimum Gasteiger partial charge on any atom is -0.313 e. The molecule has 4 heteroatoms. The number of nitrogens with zero attached hydrogens (tertiary/aromatic N) is 1. The van der Waals surface area contributed by atoms with Gasteiger partial charge in [0.15, 0.2) is 0 Å². The Morgan fingerprint density at radius 2 is 2.14 bits per heavy atom. The highest BCUT2D eigenvalue weighted by Gasteiger charge is 2.12. The van der Waals surface area contributed by atoms with Crippen LogP contribution in [0.15, 0.2) is 41.8 Å². The molecule has 0 saturated heterocycles. The summed E-state index contributed by atoms with van der Waals surface area (Å²) in [6, 6.07) is 11.3. The molecule has 1 aromatic carbocycles. The van der Waals surface area contributed by atoms with Crippen LogP contribution in [0.1, 0.15) is 29.8 Å². The van der Waals surface area contributed by atoms with Crippen molar-refractivity contribution in [3.05, 3.63) is 58.0 Å². The first kappa shape index (κ1) is 16.1. The van der Waals surface area contributed by atoms with Crippen molar-refractivity contribution in [2.45, 2.75) is 25.9 Å². The molecule has 0 amide bonds. The third-order valence-electron chi connectivity index (χ3n) is 3.74. The van der Waals surface area contributed by atoms with Gasteiger partial charge >= 0.3 is 0 Å². The number of rotatable bonds is 8. The summed E-state index contributed by atoms with van der Waals surface area (Å²) in [7, 11) is 1.94. The van der Waals surface area contributed by atoms with Crippen molar-refractivity contribution in [2.24, 2.45) is 0 Å². The SMILES string of the molecule is CCN(CCC(NC)c1cccc(F)c1)Cc1cccs1. The van der Waals surface area contributed by atoms with E-state index in [0.29, 0.717) is 0 Å². The van der Waals surface area contributed by atoms with Gasteiger partial charge in [-0.05, 0) is 49.2 Å². The normalized spacial score (nSPS) is 12.8. The minimum atomic E-state index is -0.168. The van der Waals surface area contributed by atoms with Gasteiger partial charge in [-0.25, -0.2) is 4.39 Å². The zero-order valence-electron chi connectivity index (χ0n) is 12.7. The van der Waals surface area contributed by atoms with Crippen molar-refractivity contribution < 1.29 is 4.39 Å². The topological polar surface area (TPSA) is 15.3 Å². The van der Waals surface area contributed by atoms with Gasteiger partial charge in [-0.2, -0.15) is 0 Å². The molecule has 2 rings (SSSR count). The van der Waals surface area contributed by atoms with Crippen molar-refractivity contribution in [3.8, 4) is 0 Å². The lowest BCUT2D eigenvalue weighted by Crippen LogP contribution is -2.28. The van der Waals surface area contributed by atoms with Crippen LogP contribution in [0.25, 0.3) is 0 Å². The van der Waals surface area contributed by atoms with E-state index in [1.165, 1.54) is 10.9 Å². The van der Waals surface area contributed by atoms with Crippen LogP contribution in [0.2, 0.25) is 0 Å². The fourth-order valence-electron chi connectivity index (χ4n) is 2.48. The maximum absolute atomic E-state index is 13.3. The van der Waals surface area contributed by atoms with E-state index >= 15 is 0 Å². The number of benzene rings is 1. The average Bonchev–Trinajstić information content (AvgIpc) is 2.99. The summed E-state index contributed by atoms with van der Waals surface area (Å²) in [6.07, 6.45) is 0.971. The molecule has 0 spiro atoms. The van der Waals surface area contributed by atoms with E-state index in [4.69, 9.17) is 0 Å². The van der Waals surface area contributed by atoms with Gasteiger partial charge in [0.1, 0.15) is 5.82 Å². The first-order chi connectivity index (χ1) is 10.2. The fourth-order valence-corrected chi connectivity index (χ4v) is 3.23. The molecule has 1 N–H and O–H groups in total. The Hall–Kier alpha value is -1.23. The van der Waals surface area contributed by atoms with Crippen molar-refractivity contribution in [2.75, 3.05) is 20.1 Å². The fraction of sp³-hybridized carbons (Fsp3) is 0.412. The first-order valence-electron chi connectivity index (χ1n) is 7.40. The highest BCUT2D eigenvalue weighted by atomic mass is 32.1. The zero-order valence-corrected chi connectivity index (χ0v) is 13.5. The summed E-state index contributed by atoms with van der Waals surface area (Å²) in [6.45, 7) is 5.20. The molecule has 0 radical (unpaired) electrons. The van der Waals surface area contributed by atoms with E-state index in [9.17, 15) is 4.39 Å². The molecule has 1 heterocycles. The molecule has 0 fully saturated rings. The Labute approximate surface area is 130 Å². The van der Waals surface area contributed by atoms with Crippen molar-refractivity contribution in [1.82, 2.24) is 10.2 Å². The Balaban J connectivity index is 1.92. The molecule has 1 aromatic heterocycles. The number of hydrogen-bond acceptors (Lipinski definition) is 3. The summed E-state index contributed by atoms with van der Waals surface area (Å²) in [5.41, 5.74) is 1.02. The van der Waals surface area contributed by atoms with Gasteiger partial charge < -0.3 is 5.32 Å². The molecule has 2 nitrogen and oxygen atoms in total. The molecule has 1 unspecified atom stereocenters. The predicted molar refractivity (Wildman–Crippen MR) is 88.1 cm³/mol. The standard InChI is InChI=1S/C17H23FN2S/c1-3-20(13-16-8-5-11-21-16)10-9-17(19-2)14-6-4-7-15(18)12-14/h4-8,11-12,17,19H,3,9-10,13H2,1-2H3. The Morgan fingerprint density at radius 3 is 2.76 bits per heavy atom. The number of hydrogen-bond donors (Lipinski definition) is 1. The molecule has 0 aliphatic heterocycles. The van der Waals surface area contributed by atoms with Crippen LogP contribution in [0.3, 0.4) is 0 Å². The van der Waals surface area contributed by atoms with Crippen LogP contribution in [-0.2, 0) is 6.54 Å². The van der Waals surface area contributed by atoms with Crippen molar-refractivity contribution in [1.29, 1.82) is 0 Å². The first-order valence-corrected chi connectivity index (χ1v) is 8.28. The predicted octanol–water partition coefficient (Wildman–Crippen LogP) is 4.06. The van der Waals surface area contributed by atoms with Crippen LogP contribution < -0.4 is 5.32 Å². The van der Waals surface area contributed by atoms with Gasteiger partial charge in [-0.15, -0.1) is 11.3 Å². The molecule has 1 atom stereocenters. The molecule has 0 aliphatic carbocycles. The van der Waals surface area contributed by atoms with Gasteiger partial charge in [0.2, 0.25) is 0 Å². The van der Waals surface area contributed by atoms with E-state index in [0.717, 1.165) is 31.6 Å². The van der Waals surface area contributed by atoms with Crippen LogP contribution in [0.5, 0.6) is 0 Å². The summed E-state index contributed by atoms with van der Waals surface area (Å²) in [4.78, 5) is 3.82. The van der Waals surface area contributed by atoms with Crippen LogP contribution in [-0.4, -0.2) is 25.0 Å². The van der Waals surface area contributed by atoms with Crippen molar-refractivity contribution in [3.63, 3.8) is 0 Å². The Kier molecular flexibility index (Phi) is 6.36. The summed E-state index contributed by atoms with van der Waals surface area (Å²) in [5.74, 6) is -0.168. The van der Waals surface area contributed by atoms with Gasteiger partial charge in [-0.1, -0.05) is 25.1 Å². The Morgan fingerprint density at radius 1 is 1.29 bits per heavy atom. The lowest BCUT2D eigenvalue weighted by Gasteiger charge is -2.23. The molecule has 0 bridgehead atoms. The quantitative estimate of drug-likeness (QED) is 0.791. The van der Waals surface area contributed by atoms with Crippen LogP contribution in [0, 0.1) is 5.82 Å². The van der Waals surface area contributed by atoms with Gasteiger partial charge in [0.05, 0.1) is 0 Å². The maximum atomic E-state index is 13.3. The van der Waals surface area contributed by atoms with E-state index in [1.54, 1.807) is 23.5 Å². The van der Waals surface area contributed by atoms with E-state index < -0.39 is 0 Å². The second-order valence-corrected chi connectivity index (χ2v) is 6.17. The smallest absolute Gasteiger partial charge is 0.123 e. The highest BCUT2D eigenvalue weighted by Crippen LogP contribution is 2.19. The second kappa shape index (κ2) is 8.27. The minimum absolute atomic E-state index is 0.168. The van der Waals surface area contributed by atoms with Gasteiger partial charge in [0.25, 0.3) is 0 Å². The largest absolute Gasteiger partial charge is 0.313 e. The van der Waals surface area contributed by atoms with Gasteiger partial charge in [-0.3, -0.25) is 4.90 Å². The summed E-state index contributed by atoms with van der Waals surface area (Å²) < 4.78 is 13.3. The molecule has 2 aromatic rings. The number of halogens is 1. The molecule has 114 valence electrons. The monoisotopic (exact) mass is 306 g/mol. The van der Waals surface area contributed by atoms with Gasteiger partial charge in [0, 0.05) is 24.0 Å². The van der Waals surface area contributed by atoms with Crippen molar-refractivity contribution >= 4 is 11.3 Å². The lowest BCUT2D eigenvalue weighted by molar-refractivity contribution is 0.265. The molecular formula is C17H23FN2S. The average molecular weight is 306 g/mol. The summed E-state index contributed by atoms with van der Waals surface area (Å²) >= 11 is 1.80. The molecular weight excluding hydrogens is 283 g/mol. The third kappa shape index (κ3) is 4.92. The highest BCUT2D eigenvalue weighted by molar-refractivity contribution is 7.09. The molecule has 21 heavy (non-hydrogen) atoms. The summed E-state index contributed by atoms with van der Waals surface area (Å²) in [5, 5.41) is 5.41. The van der Waals surface area contributed by atoms with E-state index in [-0.39, 0.29) is 11.9 Å². The maximum Gasteiger partial charge on any atom is 0.123 e. The second-order valence-electron chi connectivity index (χ2n) is 5.13.